The highest BCUT2D eigenvalue weighted by molar-refractivity contribution is 5.93. The highest BCUT2D eigenvalue weighted by Gasteiger charge is 2.26. The zero-order chi connectivity index (χ0) is 18.9. The Balaban J connectivity index is 1.21. The maximum absolute atomic E-state index is 12.8. The topological polar surface area (TPSA) is 80.0 Å². The Morgan fingerprint density at radius 3 is 2.86 bits per heavy atom. The summed E-state index contributed by atoms with van der Waals surface area (Å²) in [6.45, 7) is 2.44. The smallest absolute Gasteiger partial charge is 0.274 e. The summed E-state index contributed by atoms with van der Waals surface area (Å²) in [7, 11) is 0. The van der Waals surface area contributed by atoms with Gasteiger partial charge in [0.25, 0.3) is 5.91 Å². The minimum atomic E-state index is -0.0272. The molecular formula is C21H21N5O2. The van der Waals surface area contributed by atoms with Gasteiger partial charge in [0.05, 0.1) is 23.6 Å². The van der Waals surface area contributed by atoms with E-state index in [2.05, 4.69) is 25.8 Å². The van der Waals surface area contributed by atoms with Gasteiger partial charge in [0.2, 0.25) is 0 Å². The number of amides is 1. The van der Waals surface area contributed by atoms with Crippen LogP contribution in [0.2, 0.25) is 0 Å². The van der Waals surface area contributed by atoms with Crippen LogP contribution in [0, 0.1) is 5.92 Å². The van der Waals surface area contributed by atoms with Crippen LogP contribution in [0.3, 0.4) is 0 Å². The molecule has 7 heteroatoms. The molecule has 0 bridgehead atoms. The summed E-state index contributed by atoms with van der Waals surface area (Å²) in [6, 6.07) is 13.6. The van der Waals surface area contributed by atoms with Gasteiger partial charge in [-0.3, -0.25) is 9.89 Å². The molecule has 5 rings (SSSR count). The number of rotatable bonds is 4. The molecule has 1 aromatic carbocycles. The quantitative estimate of drug-likeness (QED) is 0.591. The van der Waals surface area contributed by atoms with Gasteiger partial charge in [-0.05, 0) is 43.0 Å². The number of aromatic amines is 1. The molecule has 142 valence electrons. The van der Waals surface area contributed by atoms with E-state index in [1.165, 1.54) is 5.52 Å². The first-order chi connectivity index (χ1) is 13.8. The van der Waals surface area contributed by atoms with Crippen LogP contribution in [0.1, 0.15) is 23.3 Å². The van der Waals surface area contributed by atoms with Crippen molar-refractivity contribution < 1.29 is 9.21 Å². The SMILES string of the molecule is O=C(c1cc(-c2ccco2)[nH]n1)N1CCC(Cn2cnc3ccccc32)CC1. The van der Waals surface area contributed by atoms with E-state index in [-0.39, 0.29) is 5.91 Å². The Kier molecular flexibility index (Phi) is 4.20. The fraction of sp³-hybridized carbons (Fsp3) is 0.286. The lowest BCUT2D eigenvalue weighted by molar-refractivity contribution is 0.0677. The number of piperidine rings is 1. The number of hydrogen-bond donors (Lipinski definition) is 1. The predicted molar refractivity (Wildman–Crippen MR) is 105 cm³/mol. The number of aromatic nitrogens is 4. The molecule has 0 saturated carbocycles. The third-order valence-corrected chi connectivity index (χ3v) is 5.47. The van der Waals surface area contributed by atoms with Gasteiger partial charge in [-0.25, -0.2) is 4.98 Å². The number of nitrogens with zero attached hydrogens (tertiary/aromatic N) is 4. The molecule has 1 fully saturated rings. The number of benzene rings is 1. The van der Waals surface area contributed by atoms with E-state index in [9.17, 15) is 4.79 Å². The van der Waals surface area contributed by atoms with Crippen LogP contribution in [-0.4, -0.2) is 43.6 Å². The van der Waals surface area contributed by atoms with Gasteiger partial charge in [-0.2, -0.15) is 5.10 Å². The molecule has 0 aliphatic carbocycles. The minimum absolute atomic E-state index is 0.0272. The first-order valence-electron chi connectivity index (χ1n) is 9.56. The van der Waals surface area contributed by atoms with Crippen LogP contribution in [-0.2, 0) is 6.54 Å². The first-order valence-corrected chi connectivity index (χ1v) is 9.56. The number of furan rings is 1. The number of likely N-dealkylation sites (tertiary alicyclic amines) is 1. The van der Waals surface area contributed by atoms with Crippen LogP contribution >= 0.6 is 0 Å². The number of fused-ring (bicyclic) bond motifs is 1. The number of para-hydroxylation sites is 2. The highest BCUT2D eigenvalue weighted by atomic mass is 16.3. The summed E-state index contributed by atoms with van der Waals surface area (Å²) < 4.78 is 7.57. The van der Waals surface area contributed by atoms with E-state index in [1.807, 2.05) is 41.6 Å². The number of hydrogen-bond acceptors (Lipinski definition) is 4. The maximum Gasteiger partial charge on any atom is 0.274 e. The fourth-order valence-corrected chi connectivity index (χ4v) is 3.90. The number of carbonyl (C=O) groups excluding carboxylic acids is 1. The fourth-order valence-electron chi connectivity index (χ4n) is 3.90. The lowest BCUT2D eigenvalue weighted by atomic mass is 9.96. The lowest BCUT2D eigenvalue weighted by Crippen LogP contribution is -2.39. The van der Waals surface area contributed by atoms with Crippen molar-refractivity contribution in [3.05, 3.63) is 60.7 Å². The van der Waals surface area contributed by atoms with Crippen molar-refractivity contribution in [2.75, 3.05) is 13.1 Å². The van der Waals surface area contributed by atoms with Gasteiger partial charge in [0, 0.05) is 25.7 Å². The minimum Gasteiger partial charge on any atom is -0.463 e. The van der Waals surface area contributed by atoms with Crippen LogP contribution in [0.25, 0.3) is 22.5 Å². The van der Waals surface area contributed by atoms with E-state index in [0.29, 0.717) is 17.4 Å². The molecule has 4 heterocycles. The summed E-state index contributed by atoms with van der Waals surface area (Å²) >= 11 is 0. The van der Waals surface area contributed by atoms with E-state index in [4.69, 9.17) is 4.42 Å². The third-order valence-electron chi connectivity index (χ3n) is 5.47. The van der Waals surface area contributed by atoms with E-state index >= 15 is 0 Å². The van der Waals surface area contributed by atoms with Gasteiger partial charge in [-0.1, -0.05) is 12.1 Å². The molecule has 28 heavy (non-hydrogen) atoms. The monoisotopic (exact) mass is 375 g/mol. The highest BCUT2D eigenvalue weighted by Crippen LogP contribution is 2.24. The summed E-state index contributed by atoms with van der Waals surface area (Å²) in [6.07, 6.45) is 5.48. The van der Waals surface area contributed by atoms with Gasteiger partial charge in [0.15, 0.2) is 11.5 Å². The standard InChI is InChI=1S/C21H21N5O2/c27-21(18-12-17(23-24-18)20-6-3-11-28-20)25-9-7-15(8-10-25)13-26-14-22-16-4-1-2-5-19(16)26/h1-6,11-12,14-15H,7-10,13H2,(H,23,24). The maximum atomic E-state index is 12.8. The Morgan fingerprint density at radius 1 is 1.18 bits per heavy atom. The van der Waals surface area contributed by atoms with Crippen molar-refractivity contribution in [3.63, 3.8) is 0 Å². The molecule has 3 aromatic heterocycles. The van der Waals surface area contributed by atoms with Crippen molar-refractivity contribution in [2.24, 2.45) is 5.92 Å². The van der Waals surface area contributed by atoms with Crippen LogP contribution in [0.15, 0.2) is 59.5 Å². The zero-order valence-corrected chi connectivity index (χ0v) is 15.4. The second-order valence-corrected chi connectivity index (χ2v) is 7.27. The van der Waals surface area contributed by atoms with Gasteiger partial charge in [0.1, 0.15) is 5.69 Å². The molecule has 4 aromatic rings. The summed E-state index contributed by atoms with van der Waals surface area (Å²) in [5.74, 6) is 1.19. The van der Waals surface area contributed by atoms with Crippen molar-refractivity contribution in [2.45, 2.75) is 19.4 Å². The molecule has 1 saturated heterocycles. The summed E-state index contributed by atoms with van der Waals surface area (Å²) in [4.78, 5) is 19.1. The van der Waals surface area contributed by atoms with E-state index < -0.39 is 0 Å². The molecule has 7 nitrogen and oxygen atoms in total. The number of H-pyrrole nitrogens is 1. The molecular weight excluding hydrogens is 354 g/mol. The van der Waals surface area contributed by atoms with Gasteiger partial charge < -0.3 is 13.9 Å². The second kappa shape index (κ2) is 6.99. The van der Waals surface area contributed by atoms with Crippen molar-refractivity contribution >= 4 is 16.9 Å². The summed E-state index contributed by atoms with van der Waals surface area (Å²) in [5.41, 5.74) is 3.35. The van der Waals surface area contributed by atoms with Crippen molar-refractivity contribution in [1.29, 1.82) is 0 Å². The Bertz CT molecular complexity index is 1090. The first kappa shape index (κ1) is 16.8. The van der Waals surface area contributed by atoms with E-state index in [0.717, 1.165) is 43.7 Å². The van der Waals surface area contributed by atoms with Crippen LogP contribution < -0.4 is 0 Å². The normalized spacial score (nSPS) is 15.4. The predicted octanol–water partition coefficient (Wildman–Crippen LogP) is 3.57. The Morgan fingerprint density at radius 2 is 2.04 bits per heavy atom. The van der Waals surface area contributed by atoms with Crippen LogP contribution in [0.5, 0.6) is 0 Å². The van der Waals surface area contributed by atoms with Gasteiger partial charge in [-0.15, -0.1) is 0 Å². The molecule has 1 aliphatic heterocycles. The third kappa shape index (κ3) is 3.09. The largest absolute Gasteiger partial charge is 0.463 e. The lowest BCUT2D eigenvalue weighted by Gasteiger charge is -2.31. The molecule has 0 spiro atoms. The Labute approximate surface area is 162 Å². The molecule has 1 amide bonds. The number of nitrogens with one attached hydrogen (secondary N) is 1. The molecule has 1 aliphatic rings. The van der Waals surface area contributed by atoms with E-state index in [1.54, 1.807) is 12.3 Å². The average molecular weight is 375 g/mol. The van der Waals surface area contributed by atoms with Crippen LogP contribution in [0.4, 0.5) is 0 Å². The molecule has 0 radical (unpaired) electrons. The Hall–Kier alpha value is -3.35. The van der Waals surface area contributed by atoms with Crippen molar-refractivity contribution in [3.8, 4) is 11.5 Å². The number of imidazole rings is 1. The number of carbonyl (C=O) groups is 1. The van der Waals surface area contributed by atoms with Gasteiger partial charge >= 0.3 is 0 Å². The van der Waals surface area contributed by atoms with Crippen molar-refractivity contribution in [1.82, 2.24) is 24.6 Å². The molecule has 1 N–H and O–H groups in total. The molecule has 0 unspecified atom stereocenters. The molecule has 0 atom stereocenters. The second-order valence-electron chi connectivity index (χ2n) is 7.27. The zero-order valence-electron chi connectivity index (χ0n) is 15.4. The summed E-state index contributed by atoms with van der Waals surface area (Å²) in [5, 5.41) is 7.05. The average Bonchev–Trinajstić information content (AvgIpc) is 3.49.